The molecule has 9 nitrogen and oxygen atoms in total. The molecule has 0 atom stereocenters. The lowest BCUT2D eigenvalue weighted by atomic mass is 10.2. The van der Waals surface area contributed by atoms with Crippen LogP contribution in [-0.2, 0) is 9.84 Å². The summed E-state index contributed by atoms with van der Waals surface area (Å²) in [5.74, 6) is -0.362. The first kappa shape index (κ1) is 16.4. The van der Waals surface area contributed by atoms with Crippen LogP contribution in [0.5, 0.6) is 0 Å². The monoisotopic (exact) mass is 347 g/mol. The maximum Gasteiger partial charge on any atom is 0.501 e. The highest BCUT2D eigenvalue weighted by Crippen LogP contribution is 2.34. The van der Waals surface area contributed by atoms with Gasteiger partial charge in [-0.2, -0.15) is 18.4 Å². The highest BCUT2D eigenvalue weighted by molar-refractivity contribution is 7.92. The maximum absolute atomic E-state index is 12.5. The number of sulfone groups is 1. The Balaban J connectivity index is 2.72. The SMILES string of the molecule is N#Cc1nncn1-c1ccc(S(=O)(=O)C(F)(F)F)cc1[N+](=O)[O-]. The number of halogens is 3. The molecule has 0 aliphatic rings. The van der Waals surface area contributed by atoms with Crippen molar-refractivity contribution in [3.05, 3.63) is 40.5 Å². The fraction of sp³-hybridized carbons (Fsp3) is 0.100. The van der Waals surface area contributed by atoms with Crippen LogP contribution in [0.3, 0.4) is 0 Å². The van der Waals surface area contributed by atoms with Gasteiger partial charge in [0.2, 0.25) is 5.82 Å². The van der Waals surface area contributed by atoms with Crippen LogP contribution in [0.25, 0.3) is 5.69 Å². The quantitative estimate of drug-likeness (QED) is 0.604. The van der Waals surface area contributed by atoms with E-state index in [1.165, 1.54) is 0 Å². The summed E-state index contributed by atoms with van der Waals surface area (Å²) in [6, 6.07) is 3.15. The lowest BCUT2D eigenvalue weighted by Crippen LogP contribution is -2.23. The van der Waals surface area contributed by atoms with Gasteiger partial charge in [-0.3, -0.25) is 14.7 Å². The topological polar surface area (TPSA) is 132 Å². The van der Waals surface area contributed by atoms with Crippen LogP contribution in [0.4, 0.5) is 18.9 Å². The second-order valence-electron chi connectivity index (χ2n) is 3.99. The molecule has 13 heteroatoms. The molecular formula is C10H4F3N5O4S. The lowest BCUT2D eigenvalue weighted by molar-refractivity contribution is -0.384. The van der Waals surface area contributed by atoms with Gasteiger partial charge < -0.3 is 0 Å². The van der Waals surface area contributed by atoms with E-state index in [4.69, 9.17) is 5.26 Å². The highest BCUT2D eigenvalue weighted by Gasteiger charge is 2.47. The van der Waals surface area contributed by atoms with E-state index >= 15 is 0 Å². The first-order valence-electron chi connectivity index (χ1n) is 5.50. The molecule has 0 aliphatic carbocycles. The molecule has 1 aromatic carbocycles. The number of alkyl halides is 3. The van der Waals surface area contributed by atoms with E-state index < -0.39 is 30.9 Å². The van der Waals surface area contributed by atoms with E-state index in [1.807, 2.05) is 0 Å². The predicted molar refractivity (Wildman–Crippen MR) is 66.0 cm³/mol. The molecule has 0 radical (unpaired) electrons. The van der Waals surface area contributed by atoms with E-state index in [1.54, 1.807) is 6.07 Å². The van der Waals surface area contributed by atoms with Gasteiger partial charge in [-0.1, -0.05) is 0 Å². The Morgan fingerprint density at radius 1 is 1.35 bits per heavy atom. The van der Waals surface area contributed by atoms with Crippen LogP contribution in [0.15, 0.2) is 29.4 Å². The molecule has 0 fully saturated rings. The Morgan fingerprint density at radius 3 is 2.52 bits per heavy atom. The fourth-order valence-electron chi connectivity index (χ4n) is 1.64. The summed E-state index contributed by atoms with van der Waals surface area (Å²) in [6.45, 7) is 0. The number of hydrogen-bond donors (Lipinski definition) is 0. The van der Waals surface area contributed by atoms with Crippen molar-refractivity contribution in [3.63, 3.8) is 0 Å². The average molecular weight is 347 g/mol. The van der Waals surface area contributed by atoms with Gasteiger partial charge in [0, 0.05) is 6.07 Å². The van der Waals surface area contributed by atoms with Crippen LogP contribution < -0.4 is 0 Å². The molecule has 1 aromatic heterocycles. The molecule has 2 aromatic rings. The van der Waals surface area contributed by atoms with Gasteiger partial charge in [0.15, 0.2) is 0 Å². The van der Waals surface area contributed by atoms with Gasteiger partial charge in [0.25, 0.3) is 15.5 Å². The van der Waals surface area contributed by atoms with Gasteiger partial charge in [-0.15, -0.1) is 10.2 Å². The summed E-state index contributed by atoms with van der Waals surface area (Å²) < 4.78 is 61.0. The van der Waals surface area contributed by atoms with Gasteiger partial charge in [0.1, 0.15) is 18.1 Å². The zero-order valence-corrected chi connectivity index (χ0v) is 11.5. The van der Waals surface area contributed by atoms with Gasteiger partial charge in [-0.05, 0) is 12.1 Å². The number of nitrogens with zero attached hydrogens (tertiary/aromatic N) is 5. The zero-order chi connectivity index (χ0) is 17.4. The van der Waals surface area contributed by atoms with E-state index in [0.29, 0.717) is 6.07 Å². The molecule has 1 heterocycles. The summed E-state index contributed by atoms with van der Waals surface area (Å²) in [6.07, 6.45) is 0.929. The molecule has 120 valence electrons. The van der Waals surface area contributed by atoms with Crippen LogP contribution in [-0.4, -0.2) is 33.6 Å². The predicted octanol–water partition coefficient (Wildman–Crippen LogP) is 1.34. The molecule has 0 saturated carbocycles. The largest absolute Gasteiger partial charge is 0.501 e. The second kappa shape index (κ2) is 5.32. The summed E-state index contributed by atoms with van der Waals surface area (Å²) >= 11 is 0. The number of nitriles is 1. The third-order valence-electron chi connectivity index (χ3n) is 2.67. The zero-order valence-electron chi connectivity index (χ0n) is 10.7. The molecular weight excluding hydrogens is 343 g/mol. The summed E-state index contributed by atoms with van der Waals surface area (Å²) in [4.78, 5) is 8.68. The minimum absolute atomic E-state index is 0.263. The molecule has 23 heavy (non-hydrogen) atoms. The van der Waals surface area contributed by atoms with Crippen molar-refractivity contribution in [3.8, 4) is 11.8 Å². The van der Waals surface area contributed by atoms with Crippen molar-refractivity contribution in [2.24, 2.45) is 0 Å². The highest BCUT2D eigenvalue weighted by atomic mass is 32.2. The minimum Gasteiger partial charge on any atom is -0.266 e. The first-order chi connectivity index (χ1) is 10.6. The fourth-order valence-corrected chi connectivity index (χ4v) is 2.42. The molecule has 0 amide bonds. The summed E-state index contributed by atoms with van der Waals surface area (Å²) in [7, 11) is -5.74. The van der Waals surface area contributed by atoms with Crippen LogP contribution in [0.1, 0.15) is 5.82 Å². The molecule has 0 bridgehead atoms. The molecule has 0 spiro atoms. The van der Waals surface area contributed by atoms with Crippen molar-refractivity contribution in [1.82, 2.24) is 14.8 Å². The number of nitro groups is 1. The molecule has 0 aliphatic heterocycles. The van der Waals surface area contributed by atoms with Crippen LogP contribution in [0, 0.1) is 21.4 Å². The molecule has 2 rings (SSSR count). The summed E-state index contributed by atoms with van der Waals surface area (Å²) in [5, 5.41) is 26.5. The number of benzene rings is 1. The molecule has 0 unspecified atom stereocenters. The number of hydrogen-bond acceptors (Lipinski definition) is 7. The van der Waals surface area contributed by atoms with E-state index in [0.717, 1.165) is 17.0 Å². The van der Waals surface area contributed by atoms with Crippen LogP contribution >= 0.6 is 0 Å². The van der Waals surface area contributed by atoms with Crippen molar-refractivity contribution in [2.75, 3.05) is 0 Å². The van der Waals surface area contributed by atoms with Crippen molar-refractivity contribution < 1.29 is 26.5 Å². The lowest BCUT2D eigenvalue weighted by Gasteiger charge is -2.09. The minimum atomic E-state index is -5.74. The number of rotatable bonds is 3. The van der Waals surface area contributed by atoms with Gasteiger partial charge in [0.05, 0.1) is 9.82 Å². The molecule has 0 N–H and O–H groups in total. The van der Waals surface area contributed by atoms with E-state index in [9.17, 15) is 31.7 Å². The Kier molecular flexibility index (Phi) is 3.78. The third-order valence-corrected chi connectivity index (χ3v) is 4.15. The van der Waals surface area contributed by atoms with E-state index in [-0.39, 0.29) is 17.6 Å². The second-order valence-corrected chi connectivity index (χ2v) is 5.93. The van der Waals surface area contributed by atoms with Crippen LogP contribution in [0.2, 0.25) is 0 Å². The first-order valence-corrected chi connectivity index (χ1v) is 6.98. The summed E-state index contributed by atoms with van der Waals surface area (Å²) in [5.41, 5.74) is -6.90. The maximum atomic E-state index is 12.5. The Hall–Kier alpha value is -3.01. The van der Waals surface area contributed by atoms with Crippen molar-refractivity contribution in [2.45, 2.75) is 10.4 Å². The normalized spacial score (nSPS) is 11.9. The van der Waals surface area contributed by atoms with Crippen molar-refractivity contribution >= 4 is 15.5 Å². The Bertz CT molecular complexity index is 929. The Morgan fingerprint density at radius 2 is 2.00 bits per heavy atom. The number of nitro benzene ring substituents is 1. The van der Waals surface area contributed by atoms with Gasteiger partial charge in [-0.25, -0.2) is 8.42 Å². The Labute approximate surface area is 125 Å². The third kappa shape index (κ3) is 2.71. The standard InChI is InChI=1S/C10H4F3N5O4S/c11-10(12,13)23(21,22)6-1-2-7(8(3-6)18(19)20)17-5-15-16-9(17)4-14/h1-3,5H. The molecule has 0 saturated heterocycles. The smallest absolute Gasteiger partial charge is 0.266 e. The van der Waals surface area contributed by atoms with E-state index in [2.05, 4.69) is 10.2 Å². The number of aromatic nitrogens is 3. The van der Waals surface area contributed by atoms with Gasteiger partial charge >= 0.3 is 5.51 Å². The van der Waals surface area contributed by atoms with Crippen molar-refractivity contribution in [1.29, 1.82) is 5.26 Å². The average Bonchev–Trinajstić information content (AvgIpc) is 2.93.